The quantitative estimate of drug-likeness (QED) is 0.566. The van der Waals surface area contributed by atoms with Crippen molar-refractivity contribution in [3.05, 3.63) is 35.1 Å². The Balaban J connectivity index is 2.91. The van der Waals surface area contributed by atoms with Crippen LogP contribution in [0.1, 0.15) is 22.3 Å². The maximum absolute atomic E-state index is 12.9. The van der Waals surface area contributed by atoms with Gasteiger partial charge >= 0.3 is 0 Å². The Kier molecular flexibility index (Phi) is 3.84. The van der Waals surface area contributed by atoms with E-state index in [1.165, 1.54) is 18.2 Å². The third-order valence-corrected chi connectivity index (χ3v) is 1.63. The molecule has 0 fully saturated rings. The molecule has 0 aromatic heterocycles. The van der Waals surface area contributed by atoms with E-state index >= 15 is 0 Å². The number of nitrogens with two attached hydrogens (primary N) is 1. The van der Waals surface area contributed by atoms with Crippen LogP contribution in [0, 0.1) is 17.7 Å². The summed E-state index contributed by atoms with van der Waals surface area (Å²) in [6.07, 6.45) is 1.07. The van der Waals surface area contributed by atoms with Gasteiger partial charge in [0.25, 0.3) is 0 Å². The highest BCUT2D eigenvalue weighted by molar-refractivity contribution is 5.76. The fraction of sp³-hybridized carbons (Fsp3) is 0.182. The van der Waals surface area contributed by atoms with Crippen molar-refractivity contribution in [2.24, 2.45) is 5.73 Å². The first-order valence-corrected chi connectivity index (χ1v) is 4.21. The number of aldehydes is 1. The molecular formula is C11H10FNO. The number of carbonyl (C=O) groups excluding carboxylic acids is 1. The zero-order chi connectivity index (χ0) is 10.4. The first-order chi connectivity index (χ1) is 6.77. The van der Waals surface area contributed by atoms with E-state index in [1.807, 2.05) is 0 Å². The highest BCUT2D eigenvalue weighted by Gasteiger charge is 1.99. The molecule has 0 amide bonds. The van der Waals surface area contributed by atoms with Gasteiger partial charge in [0.2, 0.25) is 0 Å². The molecule has 0 spiro atoms. The van der Waals surface area contributed by atoms with Crippen molar-refractivity contribution in [2.75, 3.05) is 6.54 Å². The van der Waals surface area contributed by atoms with E-state index in [9.17, 15) is 9.18 Å². The van der Waals surface area contributed by atoms with E-state index in [4.69, 9.17) is 5.73 Å². The van der Waals surface area contributed by atoms with E-state index in [0.29, 0.717) is 24.8 Å². The number of benzene rings is 1. The molecule has 1 rings (SSSR count). The van der Waals surface area contributed by atoms with E-state index in [2.05, 4.69) is 11.8 Å². The van der Waals surface area contributed by atoms with E-state index in [1.54, 1.807) is 0 Å². The van der Waals surface area contributed by atoms with Crippen LogP contribution in [0.25, 0.3) is 0 Å². The molecule has 0 saturated carbocycles. The molecule has 1 aromatic carbocycles. The molecule has 0 aliphatic carbocycles. The lowest BCUT2D eigenvalue weighted by molar-refractivity contribution is 0.112. The molecule has 0 aliphatic heterocycles. The Bertz CT molecular complexity index is 390. The van der Waals surface area contributed by atoms with Gasteiger partial charge in [0, 0.05) is 18.5 Å². The Hall–Kier alpha value is -1.66. The number of halogens is 1. The third kappa shape index (κ3) is 2.68. The van der Waals surface area contributed by atoms with Crippen LogP contribution in [-0.2, 0) is 0 Å². The highest BCUT2D eigenvalue weighted by Crippen LogP contribution is 2.07. The summed E-state index contributed by atoms with van der Waals surface area (Å²) in [7, 11) is 0. The van der Waals surface area contributed by atoms with Gasteiger partial charge in [-0.05, 0) is 18.2 Å². The number of carbonyl (C=O) groups is 1. The molecule has 72 valence electrons. The van der Waals surface area contributed by atoms with Gasteiger partial charge < -0.3 is 5.73 Å². The fourth-order valence-corrected chi connectivity index (χ4v) is 0.949. The predicted octanol–water partition coefficient (Wildman–Crippen LogP) is 1.34. The minimum absolute atomic E-state index is 0.0320. The maximum Gasteiger partial charge on any atom is 0.153 e. The normalized spacial score (nSPS) is 9.00. The van der Waals surface area contributed by atoms with E-state index in [0.717, 1.165) is 0 Å². The molecular weight excluding hydrogens is 181 g/mol. The summed E-state index contributed by atoms with van der Waals surface area (Å²) in [4.78, 5) is 10.4. The summed E-state index contributed by atoms with van der Waals surface area (Å²) < 4.78 is 12.9. The summed E-state index contributed by atoms with van der Waals surface area (Å²) >= 11 is 0. The van der Waals surface area contributed by atoms with Crippen molar-refractivity contribution < 1.29 is 9.18 Å². The van der Waals surface area contributed by atoms with Gasteiger partial charge in [-0.15, -0.1) is 0 Å². The molecule has 2 N–H and O–H groups in total. The van der Waals surface area contributed by atoms with Gasteiger partial charge in [0.05, 0.1) is 5.56 Å². The maximum atomic E-state index is 12.9. The standard InChI is InChI=1S/C11H10FNO/c12-11-5-4-9(3-1-2-6-13)7-10(11)8-14/h4-5,7-8H,2,6,13H2. The highest BCUT2D eigenvalue weighted by atomic mass is 19.1. The molecule has 0 aliphatic rings. The van der Waals surface area contributed by atoms with Gasteiger partial charge in [-0.1, -0.05) is 11.8 Å². The number of rotatable bonds is 2. The minimum Gasteiger partial charge on any atom is -0.330 e. The van der Waals surface area contributed by atoms with E-state index in [-0.39, 0.29) is 5.56 Å². The lowest BCUT2D eigenvalue weighted by Crippen LogP contribution is -1.95. The zero-order valence-corrected chi connectivity index (χ0v) is 7.59. The summed E-state index contributed by atoms with van der Waals surface area (Å²) in [5, 5.41) is 0. The molecule has 14 heavy (non-hydrogen) atoms. The summed E-state index contributed by atoms with van der Waals surface area (Å²) in [5.74, 6) is 5.08. The number of hydrogen-bond donors (Lipinski definition) is 1. The molecule has 0 saturated heterocycles. The van der Waals surface area contributed by atoms with E-state index < -0.39 is 5.82 Å². The zero-order valence-electron chi connectivity index (χ0n) is 7.59. The lowest BCUT2D eigenvalue weighted by Gasteiger charge is -1.94. The monoisotopic (exact) mass is 191 g/mol. The van der Waals surface area contributed by atoms with Crippen molar-refractivity contribution in [1.29, 1.82) is 0 Å². The van der Waals surface area contributed by atoms with Crippen molar-refractivity contribution >= 4 is 6.29 Å². The minimum atomic E-state index is -0.524. The van der Waals surface area contributed by atoms with Gasteiger partial charge in [-0.3, -0.25) is 4.79 Å². The summed E-state index contributed by atoms with van der Waals surface area (Å²) in [6.45, 7) is 0.495. The Morgan fingerprint density at radius 3 is 2.93 bits per heavy atom. The average Bonchev–Trinajstić information content (AvgIpc) is 2.21. The Labute approximate surface area is 81.9 Å². The Morgan fingerprint density at radius 1 is 1.50 bits per heavy atom. The van der Waals surface area contributed by atoms with Crippen LogP contribution in [0.3, 0.4) is 0 Å². The van der Waals surface area contributed by atoms with Crippen molar-refractivity contribution in [3.8, 4) is 11.8 Å². The van der Waals surface area contributed by atoms with Crippen LogP contribution in [-0.4, -0.2) is 12.8 Å². The van der Waals surface area contributed by atoms with Gasteiger partial charge in [0.1, 0.15) is 5.82 Å². The lowest BCUT2D eigenvalue weighted by atomic mass is 10.1. The van der Waals surface area contributed by atoms with Crippen molar-refractivity contribution in [3.63, 3.8) is 0 Å². The second-order valence-electron chi connectivity index (χ2n) is 2.69. The first kappa shape index (κ1) is 10.4. The van der Waals surface area contributed by atoms with Crippen LogP contribution in [0.2, 0.25) is 0 Å². The second-order valence-corrected chi connectivity index (χ2v) is 2.69. The molecule has 2 nitrogen and oxygen atoms in total. The molecule has 3 heteroatoms. The summed E-state index contributed by atoms with van der Waals surface area (Å²) in [6, 6.07) is 4.19. The van der Waals surface area contributed by atoms with Crippen LogP contribution in [0.4, 0.5) is 4.39 Å². The molecule has 0 unspecified atom stereocenters. The van der Waals surface area contributed by atoms with Gasteiger partial charge in [-0.2, -0.15) is 0 Å². The third-order valence-electron chi connectivity index (χ3n) is 1.63. The topological polar surface area (TPSA) is 43.1 Å². The van der Waals surface area contributed by atoms with Crippen LogP contribution >= 0.6 is 0 Å². The van der Waals surface area contributed by atoms with Crippen molar-refractivity contribution in [1.82, 2.24) is 0 Å². The largest absolute Gasteiger partial charge is 0.330 e. The van der Waals surface area contributed by atoms with Gasteiger partial charge in [0.15, 0.2) is 6.29 Å². The smallest absolute Gasteiger partial charge is 0.153 e. The van der Waals surface area contributed by atoms with Crippen LogP contribution < -0.4 is 5.73 Å². The second kappa shape index (κ2) is 5.15. The van der Waals surface area contributed by atoms with Crippen molar-refractivity contribution in [2.45, 2.75) is 6.42 Å². The first-order valence-electron chi connectivity index (χ1n) is 4.21. The number of hydrogen-bond acceptors (Lipinski definition) is 2. The predicted molar refractivity (Wildman–Crippen MR) is 52.3 cm³/mol. The SMILES string of the molecule is NCCC#Cc1ccc(F)c(C=O)c1. The average molecular weight is 191 g/mol. The molecule has 0 radical (unpaired) electrons. The van der Waals surface area contributed by atoms with Gasteiger partial charge in [-0.25, -0.2) is 4.39 Å². The van der Waals surface area contributed by atoms with Crippen LogP contribution in [0.15, 0.2) is 18.2 Å². The molecule has 0 bridgehead atoms. The molecule has 1 aromatic rings. The Morgan fingerprint density at radius 2 is 2.29 bits per heavy atom. The van der Waals surface area contributed by atoms with Crippen LogP contribution in [0.5, 0.6) is 0 Å². The molecule has 0 heterocycles. The fourth-order valence-electron chi connectivity index (χ4n) is 0.949. The summed E-state index contributed by atoms with van der Waals surface area (Å²) in [5.41, 5.74) is 5.91. The molecule has 0 atom stereocenters.